The van der Waals surface area contributed by atoms with Crippen LogP contribution in [0.15, 0.2) is 28.3 Å². The van der Waals surface area contributed by atoms with E-state index in [4.69, 9.17) is 6.42 Å². The fourth-order valence-electron chi connectivity index (χ4n) is 1.57. The standard InChI is InChI=1S/C11H11N3O3S/c1-2-5-12-11(15)9-3-4-10-13-18(16,17)7-6-14(10)8-9/h1,3-4,8H,5-7H2,(H,12,15). The highest BCUT2D eigenvalue weighted by Crippen LogP contribution is 2.15. The molecule has 0 atom stereocenters. The van der Waals surface area contributed by atoms with E-state index in [1.165, 1.54) is 12.2 Å². The maximum atomic E-state index is 11.6. The average molecular weight is 265 g/mol. The number of nitrogens with zero attached hydrogens (tertiary/aromatic N) is 2. The molecule has 0 saturated carbocycles. The van der Waals surface area contributed by atoms with Crippen molar-refractivity contribution in [2.24, 2.45) is 4.40 Å². The third-order valence-electron chi connectivity index (χ3n) is 2.44. The lowest BCUT2D eigenvalue weighted by atomic mass is 10.2. The molecular formula is C11H11N3O3S. The molecule has 0 saturated heterocycles. The highest BCUT2D eigenvalue weighted by Gasteiger charge is 2.24. The largest absolute Gasteiger partial charge is 0.341 e. The zero-order chi connectivity index (χ0) is 13.2. The molecule has 0 unspecified atom stereocenters. The number of hydrogen-bond donors (Lipinski definition) is 1. The first-order valence-corrected chi connectivity index (χ1v) is 6.83. The van der Waals surface area contributed by atoms with Crippen LogP contribution in [0.25, 0.3) is 0 Å². The molecule has 94 valence electrons. The van der Waals surface area contributed by atoms with Gasteiger partial charge in [-0.3, -0.25) is 4.79 Å². The Bertz CT molecular complexity index is 608. The van der Waals surface area contributed by atoms with Gasteiger partial charge < -0.3 is 10.2 Å². The minimum atomic E-state index is -3.37. The van der Waals surface area contributed by atoms with Crippen LogP contribution in [-0.2, 0) is 14.8 Å². The first-order chi connectivity index (χ1) is 8.52. The van der Waals surface area contributed by atoms with Crippen LogP contribution in [-0.4, -0.2) is 43.9 Å². The van der Waals surface area contributed by atoms with E-state index in [1.807, 2.05) is 0 Å². The maximum Gasteiger partial charge on any atom is 0.256 e. The van der Waals surface area contributed by atoms with Crippen LogP contribution < -0.4 is 5.32 Å². The highest BCUT2D eigenvalue weighted by atomic mass is 32.2. The van der Waals surface area contributed by atoms with Crippen LogP contribution >= 0.6 is 0 Å². The summed E-state index contributed by atoms with van der Waals surface area (Å²) in [5.41, 5.74) is 0.420. The molecule has 7 heteroatoms. The minimum absolute atomic E-state index is 0.0555. The molecule has 18 heavy (non-hydrogen) atoms. The summed E-state index contributed by atoms with van der Waals surface area (Å²) >= 11 is 0. The number of rotatable bonds is 2. The smallest absolute Gasteiger partial charge is 0.256 e. The molecule has 1 N–H and O–H groups in total. The van der Waals surface area contributed by atoms with Crippen molar-refractivity contribution in [3.05, 3.63) is 23.9 Å². The van der Waals surface area contributed by atoms with Crippen molar-refractivity contribution >= 4 is 21.8 Å². The van der Waals surface area contributed by atoms with Crippen molar-refractivity contribution in [1.29, 1.82) is 0 Å². The second kappa shape index (κ2) is 4.66. The normalized spacial score (nSPS) is 20.3. The second-order valence-corrected chi connectivity index (χ2v) is 5.49. The molecule has 2 aliphatic heterocycles. The van der Waals surface area contributed by atoms with Crippen molar-refractivity contribution in [2.75, 3.05) is 18.8 Å². The van der Waals surface area contributed by atoms with E-state index in [9.17, 15) is 13.2 Å². The van der Waals surface area contributed by atoms with E-state index in [0.29, 0.717) is 11.4 Å². The Balaban J connectivity index is 2.18. The zero-order valence-electron chi connectivity index (χ0n) is 9.46. The van der Waals surface area contributed by atoms with E-state index in [1.54, 1.807) is 11.1 Å². The Morgan fingerprint density at radius 1 is 1.56 bits per heavy atom. The summed E-state index contributed by atoms with van der Waals surface area (Å²) in [6, 6.07) is 0. The Hall–Kier alpha value is -2.07. The zero-order valence-corrected chi connectivity index (χ0v) is 10.3. The molecular weight excluding hydrogens is 254 g/mol. The van der Waals surface area contributed by atoms with Gasteiger partial charge in [0.25, 0.3) is 15.9 Å². The SMILES string of the molecule is C#CCNC(=O)C1=CN2CCS(=O)(=O)N=C2C=C1. The van der Waals surface area contributed by atoms with Crippen LogP contribution in [0.3, 0.4) is 0 Å². The molecule has 1 amide bonds. The summed E-state index contributed by atoms with van der Waals surface area (Å²) in [5, 5.41) is 2.53. The third-order valence-corrected chi connectivity index (χ3v) is 3.60. The summed E-state index contributed by atoms with van der Waals surface area (Å²) in [6.45, 7) is 0.441. The maximum absolute atomic E-state index is 11.6. The molecule has 0 bridgehead atoms. The van der Waals surface area contributed by atoms with Gasteiger partial charge in [-0.15, -0.1) is 10.8 Å². The number of carbonyl (C=O) groups excluding carboxylic acids is 1. The molecule has 2 aliphatic rings. The monoisotopic (exact) mass is 265 g/mol. The van der Waals surface area contributed by atoms with Crippen LogP contribution in [0.4, 0.5) is 0 Å². The van der Waals surface area contributed by atoms with Gasteiger partial charge in [-0.2, -0.15) is 0 Å². The van der Waals surface area contributed by atoms with Crippen LogP contribution in [0.2, 0.25) is 0 Å². The van der Waals surface area contributed by atoms with Crippen molar-refractivity contribution in [3.8, 4) is 12.3 Å². The van der Waals surface area contributed by atoms with Gasteiger partial charge >= 0.3 is 0 Å². The number of amides is 1. The Morgan fingerprint density at radius 3 is 3.06 bits per heavy atom. The third kappa shape index (κ3) is 2.60. The molecule has 0 radical (unpaired) electrons. The summed E-state index contributed by atoms with van der Waals surface area (Å²) in [6.07, 6.45) is 9.63. The summed E-state index contributed by atoms with van der Waals surface area (Å²) in [5.74, 6) is 2.28. The number of hydrogen-bond acceptors (Lipinski definition) is 4. The fourth-order valence-corrected chi connectivity index (χ4v) is 2.54. The molecule has 6 nitrogen and oxygen atoms in total. The summed E-state index contributed by atoms with van der Waals surface area (Å²) in [4.78, 5) is 13.3. The van der Waals surface area contributed by atoms with Gasteiger partial charge in [-0.05, 0) is 12.2 Å². The molecule has 0 fully saturated rings. The van der Waals surface area contributed by atoms with E-state index < -0.39 is 10.0 Å². The van der Waals surface area contributed by atoms with E-state index in [0.717, 1.165) is 0 Å². The topological polar surface area (TPSA) is 78.8 Å². The number of terminal acetylenes is 1. The van der Waals surface area contributed by atoms with Crippen molar-refractivity contribution < 1.29 is 13.2 Å². The molecule has 0 aliphatic carbocycles. The summed E-state index contributed by atoms with van der Waals surface area (Å²) in [7, 11) is -3.37. The van der Waals surface area contributed by atoms with Crippen LogP contribution in [0.1, 0.15) is 0 Å². The Labute approximate surface area is 105 Å². The number of amidine groups is 1. The lowest BCUT2D eigenvalue weighted by Crippen LogP contribution is -2.38. The predicted octanol–water partition coefficient (Wildman–Crippen LogP) is -0.767. The number of carbonyl (C=O) groups is 1. The fraction of sp³-hybridized carbons (Fsp3) is 0.273. The van der Waals surface area contributed by atoms with E-state index in [-0.39, 0.29) is 24.7 Å². The lowest BCUT2D eigenvalue weighted by molar-refractivity contribution is -0.117. The van der Waals surface area contributed by atoms with Gasteiger partial charge in [0.15, 0.2) is 0 Å². The number of sulfonamides is 1. The van der Waals surface area contributed by atoms with Crippen molar-refractivity contribution in [2.45, 2.75) is 0 Å². The van der Waals surface area contributed by atoms with E-state index >= 15 is 0 Å². The Morgan fingerprint density at radius 2 is 2.33 bits per heavy atom. The van der Waals surface area contributed by atoms with Gasteiger partial charge in [0, 0.05) is 12.7 Å². The molecule has 0 aromatic heterocycles. The molecule has 0 aromatic rings. The Kier molecular flexibility index (Phi) is 3.21. The summed E-state index contributed by atoms with van der Waals surface area (Å²) < 4.78 is 26.2. The first-order valence-electron chi connectivity index (χ1n) is 5.23. The first kappa shape index (κ1) is 12.4. The minimum Gasteiger partial charge on any atom is -0.341 e. The average Bonchev–Trinajstić information content (AvgIpc) is 2.34. The van der Waals surface area contributed by atoms with Gasteiger partial charge in [0.2, 0.25) is 0 Å². The predicted molar refractivity (Wildman–Crippen MR) is 67.0 cm³/mol. The van der Waals surface area contributed by atoms with Gasteiger partial charge in [0.05, 0.1) is 17.9 Å². The number of fused-ring (bicyclic) bond motifs is 1. The van der Waals surface area contributed by atoms with Gasteiger partial charge in [-0.25, -0.2) is 8.42 Å². The van der Waals surface area contributed by atoms with Gasteiger partial charge in [-0.1, -0.05) is 5.92 Å². The van der Waals surface area contributed by atoms with Gasteiger partial charge in [0.1, 0.15) is 5.84 Å². The molecule has 2 heterocycles. The molecule has 0 aromatic carbocycles. The molecule has 2 rings (SSSR count). The van der Waals surface area contributed by atoms with Crippen LogP contribution in [0.5, 0.6) is 0 Å². The van der Waals surface area contributed by atoms with Crippen LogP contribution in [0, 0.1) is 12.3 Å². The van der Waals surface area contributed by atoms with Crippen molar-refractivity contribution in [1.82, 2.24) is 10.2 Å². The quantitative estimate of drug-likeness (QED) is 0.665. The highest BCUT2D eigenvalue weighted by molar-refractivity contribution is 7.90. The van der Waals surface area contributed by atoms with E-state index in [2.05, 4.69) is 15.6 Å². The number of nitrogens with one attached hydrogen (secondary N) is 1. The molecule has 0 spiro atoms. The van der Waals surface area contributed by atoms with Crippen molar-refractivity contribution in [3.63, 3.8) is 0 Å². The lowest BCUT2D eigenvalue weighted by Gasteiger charge is -2.26. The second-order valence-electron chi connectivity index (χ2n) is 3.73.